The Labute approximate surface area is 396 Å². The number of anilines is 1. The van der Waals surface area contributed by atoms with Gasteiger partial charge in [0.1, 0.15) is 35.3 Å². The van der Waals surface area contributed by atoms with Crippen LogP contribution in [0.2, 0.25) is 0 Å². The van der Waals surface area contributed by atoms with Crippen LogP contribution >= 0.6 is 12.4 Å². The average molecular weight is 1010 g/mol. The Morgan fingerprint density at radius 2 is 1.67 bits per heavy atom. The van der Waals surface area contributed by atoms with Crippen LogP contribution in [0.25, 0.3) is 0 Å². The average Bonchev–Trinajstić information content (AvgIpc) is 3.27. The topological polar surface area (TPSA) is 313 Å². The minimum Gasteiger partial charge on any atom is -0.507 e. The predicted molar refractivity (Wildman–Crippen MR) is 233 cm³/mol. The van der Waals surface area contributed by atoms with Gasteiger partial charge in [0.2, 0.25) is 5.78 Å². The molecule has 18 nitrogen and oxygen atoms in total. The maximum atomic E-state index is 13.6. The van der Waals surface area contributed by atoms with E-state index in [1.807, 2.05) is 5.32 Å². The van der Waals surface area contributed by atoms with Crippen LogP contribution in [0.1, 0.15) is 86.9 Å². The molecule has 3 aliphatic rings. The SMILES string of the molecule is CC(O)(CS(=O)(=O)c1ccc(F)cc1)C(=O)Nc1ccc(C#N)c(C(F)(F)F)c1.COc1cccc2c1C(=O)c1c(O)c3c(c(O)c1C2=O)C[C@@](O)(C(=O)CO)C[C@@H]3O[C@H]1C[C@H](N)[C@H](O)[C@H](C)O1.Cl. The number of phenols is 2. The third-order valence-electron chi connectivity index (χ3n) is 11.6. The first-order valence-corrected chi connectivity index (χ1v) is 22.0. The highest BCUT2D eigenvalue weighted by molar-refractivity contribution is 7.91. The molecule has 9 N–H and O–H groups in total. The van der Waals surface area contributed by atoms with Crippen molar-refractivity contribution in [2.45, 2.75) is 86.0 Å². The molecule has 69 heavy (non-hydrogen) atoms. The Bertz CT molecular complexity index is 2850. The number of ketones is 3. The molecule has 1 heterocycles. The van der Waals surface area contributed by atoms with Crippen molar-refractivity contribution in [3.8, 4) is 23.3 Å². The molecule has 4 aromatic rings. The molecule has 24 heteroatoms. The number of carbonyl (C=O) groups is 4. The molecule has 0 aromatic heterocycles. The molecule has 370 valence electrons. The van der Waals surface area contributed by atoms with E-state index in [4.69, 9.17) is 25.2 Å². The zero-order chi connectivity index (χ0) is 50.4. The van der Waals surface area contributed by atoms with Crippen molar-refractivity contribution in [2.24, 2.45) is 5.73 Å². The number of alkyl halides is 3. The molecule has 1 aliphatic heterocycles. The fourth-order valence-corrected chi connectivity index (χ4v) is 9.72. The summed E-state index contributed by atoms with van der Waals surface area (Å²) in [6, 6.07) is 11.0. The lowest BCUT2D eigenvalue weighted by Gasteiger charge is -2.42. The Morgan fingerprint density at radius 3 is 2.25 bits per heavy atom. The molecule has 7 rings (SSSR count). The molecule has 0 radical (unpaired) electrons. The van der Waals surface area contributed by atoms with Gasteiger partial charge in [0.25, 0.3) is 5.91 Å². The number of nitrogens with one attached hydrogen (secondary N) is 1. The molecular formula is C45H44ClF4N3O15S. The summed E-state index contributed by atoms with van der Waals surface area (Å²) in [4.78, 5) is 51.7. The molecule has 1 saturated heterocycles. The number of phenolic OH excluding ortho intramolecular Hbond substituents is 2. The number of amides is 1. The van der Waals surface area contributed by atoms with Gasteiger partial charge in [-0.25, -0.2) is 12.8 Å². The number of aromatic hydroxyl groups is 2. The number of nitriles is 1. The molecule has 1 unspecified atom stereocenters. The molecule has 4 aromatic carbocycles. The lowest BCUT2D eigenvalue weighted by atomic mass is 9.72. The number of hydrogen-bond acceptors (Lipinski definition) is 17. The minimum absolute atomic E-state index is 0. The van der Waals surface area contributed by atoms with Gasteiger partial charge in [0, 0.05) is 47.7 Å². The monoisotopic (exact) mass is 1010 g/mol. The molecule has 0 saturated carbocycles. The number of nitrogens with zero attached hydrogens (tertiary/aromatic N) is 1. The number of carbonyl (C=O) groups excluding carboxylic acids is 4. The molecule has 1 fully saturated rings. The van der Waals surface area contributed by atoms with Crippen molar-refractivity contribution in [2.75, 3.05) is 24.8 Å². The standard InChI is InChI=1S/C27H29NO11.C18H14F4N2O4S.ClH/c1-10-22(31)13(28)6-17(38-10)39-15-8-27(36,16(30)9-29)7-12-19(15)26(35)21-20(24(12)33)23(32)11-4-3-5-14(37-2)18(11)25(21)34;1-17(26,10-29(27,28)14-6-3-12(19)4-7-14)16(25)24-13-5-2-11(9-23)15(8-13)18(20,21)22;/h3-5,10,13,15,17,22,29,31,33,35-36H,6-9,28H2,1-2H3;2-8,26H,10H2,1H3,(H,24,25);1H/t10-,13-,15-,17-,22+,27-;;/m0../s1. The normalized spacial score (nSPS) is 22.7. The van der Waals surface area contributed by atoms with E-state index in [0.29, 0.717) is 6.07 Å². The fourth-order valence-electron chi connectivity index (χ4n) is 8.13. The van der Waals surface area contributed by atoms with Crippen LogP contribution in [0.15, 0.2) is 65.6 Å². The number of sulfone groups is 1. The predicted octanol–water partition coefficient (Wildman–Crippen LogP) is 3.30. The van der Waals surface area contributed by atoms with Gasteiger partial charge in [-0.1, -0.05) is 12.1 Å². The Kier molecular flexibility index (Phi) is 15.7. The van der Waals surface area contributed by atoms with Gasteiger partial charge < -0.3 is 55.9 Å². The Balaban J connectivity index is 0.000000266. The number of fused-ring (bicyclic) bond motifs is 3. The van der Waals surface area contributed by atoms with Gasteiger partial charge in [0.05, 0.1) is 70.0 Å². The van der Waals surface area contributed by atoms with Gasteiger partial charge in [-0.15, -0.1) is 12.4 Å². The molecular weight excluding hydrogens is 966 g/mol. The zero-order valence-electron chi connectivity index (χ0n) is 36.4. The van der Waals surface area contributed by atoms with Crippen LogP contribution in [-0.2, 0) is 41.5 Å². The number of nitrogens with two attached hydrogens (primary N) is 1. The quantitative estimate of drug-likeness (QED) is 0.0565. The van der Waals surface area contributed by atoms with Crippen LogP contribution < -0.4 is 15.8 Å². The zero-order valence-corrected chi connectivity index (χ0v) is 38.0. The second-order valence-electron chi connectivity index (χ2n) is 16.5. The minimum atomic E-state index is -4.86. The third-order valence-corrected chi connectivity index (χ3v) is 13.6. The number of ether oxygens (including phenoxy) is 3. The van der Waals surface area contributed by atoms with Crippen molar-refractivity contribution in [3.05, 3.63) is 111 Å². The van der Waals surface area contributed by atoms with E-state index in [1.54, 1.807) is 6.92 Å². The summed E-state index contributed by atoms with van der Waals surface area (Å²) in [7, 11) is -2.89. The number of halogens is 5. The van der Waals surface area contributed by atoms with E-state index in [-0.39, 0.29) is 57.4 Å². The fraction of sp³-hybridized carbons (Fsp3) is 0.356. The van der Waals surface area contributed by atoms with E-state index in [2.05, 4.69) is 0 Å². The molecule has 7 atom stereocenters. The number of benzene rings is 4. The van der Waals surface area contributed by atoms with E-state index < -0.39 is 146 Å². The van der Waals surface area contributed by atoms with Gasteiger partial charge in [-0.3, -0.25) is 19.2 Å². The summed E-state index contributed by atoms with van der Waals surface area (Å²) in [5, 5.41) is 74.8. The highest BCUT2D eigenvalue weighted by Gasteiger charge is 2.50. The summed E-state index contributed by atoms with van der Waals surface area (Å²) in [5.74, 6) is -6.83. The van der Waals surface area contributed by atoms with E-state index in [0.717, 1.165) is 43.3 Å². The maximum absolute atomic E-state index is 13.6. The molecule has 2 aliphatic carbocycles. The van der Waals surface area contributed by atoms with Crippen molar-refractivity contribution in [3.63, 3.8) is 0 Å². The van der Waals surface area contributed by atoms with Crippen LogP contribution in [0.3, 0.4) is 0 Å². The van der Waals surface area contributed by atoms with Gasteiger partial charge in [-0.2, -0.15) is 18.4 Å². The lowest BCUT2D eigenvalue weighted by molar-refractivity contribution is -0.247. The van der Waals surface area contributed by atoms with Crippen LogP contribution in [-0.4, -0.2) is 118 Å². The van der Waals surface area contributed by atoms with Crippen molar-refractivity contribution < 1.29 is 90.0 Å². The number of aliphatic hydroxyl groups excluding tert-OH is 2. The number of aliphatic hydroxyl groups is 4. The first-order chi connectivity index (χ1) is 31.7. The second kappa shape index (κ2) is 20.1. The van der Waals surface area contributed by atoms with Crippen molar-refractivity contribution in [1.82, 2.24) is 0 Å². The highest BCUT2D eigenvalue weighted by Crippen LogP contribution is 2.52. The van der Waals surface area contributed by atoms with Gasteiger partial charge in [0.15, 0.2) is 33.3 Å². The highest BCUT2D eigenvalue weighted by atomic mass is 35.5. The van der Waals surface area contributed by atoms with Crippen molar-refractivity contribution in [1.29, 1.82) is 5.26 Å². The first-order valence-electron chi connectivity index (χ1n) is 20.3. The molecule has 1 amide bonds. The number of hydrogen-bond donors (Lipinski definition) is 8. The summed E-state index contributed by atoms with van der Waals surface area (Å²) in [6.45, 7) is 1.43. The second-order valence-corrected chi connectivity index (χ2v) is 18.5. The van der Waals surface area contributed by atoms with Crippen molar-refractivity contribution >= 4 is 51.2 Å². The van der Waals surface area contributed by atoms with E-state index in [9.17, 15) is 75.8 Å². The molecule has 0 spiro atoms. The number of Topliss-reactive ketones (excluding diaryl/α,β-unsaturated/α-hetero) is 1. The summed E-state index contributed by atoms with van der Waals surface area (Å²) in [5.41, 5.74) is -2.49. The molecule has 0 bridgehead atoms. The van der Waals surface area contributed by atoms with Crippen LogP contribution in [0.4, 0.5) is 23.2 Å². The lowest BCUT2D eigenvalue weighted by Crippen LogP contribution is -2.53. The maximum Gasteiger partial charge on any atom is 0.417 e. The Morgan fingerprint density at radius 1 is 1.03 bits per heavy atom. The number of methoxy groups -OCH3 is 1. The smallest absolute Gasteiger partial charge is 0.417 e. The van der Waals surface area contributed by atoms with E-state index in [1.165, 1.54) is 31.4 Å². The van der Waals surface area contributed by atoms with Gasteiger partial charge in [-0.05, 0) is 62.4 Å². The Hall–Kier alpha value is -6.07. The largest absolute Gasteiger partial charge is 0.507 e. The number of rotatable bonds is 10. The van der Waals surface area contributed by atoms with Gasteiger partial charge >= 0.3 is 6.18 Å². The van der Waals surface area contributed by atoms with E-state index >= 15 is 0 Å². The third kappa shape index (κ3) is 10.6. The first kappa shape index (κ1) is 53.9. The van der Waals surface area contributed by atoms with Crippen LogP contribution in [0, 0.1) is 17.1 Å². The van der Waals surface area contributed by atoms with Crippen LogP contribution in [0.5, 0.6) is 17.2 Å². The summed E-state index contributed by atoms with van der Waals surface area (Å²) >= 11 is 0. The summed E-state index contributed by atoms with van der Waals surface area (Å²) < 4.78 is 93.6. The summed E-state index contributed by atoms with van der Waals surface area (Å²) in [6.07, 6.45) is -9.98.